The number of amides is 3. The van der Waals surface area contributed by atoms with Crippen LogP contribution in [-0.4, -0.2) is 49.7 Å². The normalized spacial score (nSPS) is 15.1. The fourth-order valence-corrected chi connectivity index (χ4v) is 3.85. The van der Waals surface area contributed by atoms with Crippen LogP contribution in [0.25, 0.3) is 5.82 Å². The zero-order chi connectivity index (χ0) is 22.2. The van der Waals surface area contributed by atoms with Crippen LogP contribution in [0.1, 0.15) is 42.9 Å². The molecule has 3 heterocycles. The summed E-state index contributed by atoms with van der Waals surface area (Å²) in [6, 6.07) is 12.8. The Kier molecular flexibility index (Phi) is 7.06. The number of hydrogen-bond acceptors (Lipinski definition) is 5. The maximum absolute atomic E-state index is 12.8. The van der Waals surface area contributed by atoms with Crippen LogP contribution in [-0.2, 0) is 11.3 Å². The van der Waals surface area contributed by atoms with Gasteiger partial charge in [-0.25, -0.2) is 19.4 Å². The van der Waals surface area contributed by atoms with Crippen molar-refractivity contribution in [3.8, 4) is 5.82 Å². The number of nitrogens with one attached hydrogen (secondary N) is 2. The predicted molar refractivity (Wildman–Crippen MR) is 119 cm³/mol. The lowest BCUT2D eigenvalue weighted by Crippen LogP contribution is -2.44. The summed E-state index contributed by atoms with van der Waals surface area (Å²) >= 11 is 0. The van der Waals surface area contributed by atoms with Gasteiger partial charge >= 0.3 is 6.03 Å². The number of carbonyl (C=O) groups excluding carboxylic acids is 2. The Morgan fingerprint density at radius 3 is 2.78 bits per heavy atom. The molecule has 1 atom stereocenters. The molecule has 1 aliphatic rings. The van der Waals surface area contributed by atoms with Gasteiger partial charge < -0.3 is 15.5 Å². The van der Waals surface area contributed by atoms with E-state index in [4.69, 9.17) is 0 Å². The van der Waals surface area contributed by atoms with Crippen molar-refractivity contribution in [2.75, 3.05) is 13.1 Å². The summed E-state index contributed by atoms with van der Waals surface area (Å²) in [5.74, 6) is 0.763. The molecular formula is C23H27N7O2. The van der Waals surface area contributed by atoms with E-state index < -0.39 is 0 Å². The van der Waals surface area contributed by atoms with Crippen molar-refractivity contribution < 1.29 is 9.59 Å². The van der Waals surface area contributed by atoms with Gasteiger partial charge in [-0.05, 0) is 24.5 Å². The summed E-state index contributed by atoms with van der Waals surface area (Å²) in [6.45, 7) is 1.45. The number of urea groups is 1. The standard InChI is InChI=1S/C23H27N7O2/c31-21-11-5-2-6-13-29(21)15-20(18-8-3-1-4-9-18)28-23(32)26-14-19-10-7-12-25-22(19)30-17-24-16-27-30/h1,3-4,7-10,12,16-17,20H,2,5-6,11,13-15H2,(H2,26,28,32)/t20-/m1/s1. The van der Waals surface area contributed by atoms with Crippen molar-refractivity contribution in [1.29, 1.82) is 0 Å². The molecule has 1 aliphatic heterocycles. The third-order valence-electron chi connectivity index (χ3n) is 5.52. The molecule has 3 amide bonds. The number of rotatable bonds is 7. The first-order chi connectivity index (χ1) is 15.7. The molecule has 2 N–H and O–H groups in total. The number of likely N-dealkylation sites (tertiary alicyclic amines) is 1. The quantitative estimate of drug-likeness (QED) is 0.596. The molecule has 9 nitrogen and oxygen atoms in total. The summed E-state index contributed by atoms with van der Waals surface area (Å²) in [4.78, 5) is 35.5. The molecule has 0 bridgehead atoms. The molecule has 32 heavy (non-hydrogen) atoms. The van der Waals surface area contributed by atoms with Gasteiger partial charge in [0.2, 0.25) is 5.91 Å². The Morgan fingerprint density at radius 1 is 1.09 bits per heavy atom. The van der Waals surface area contributed by atoms with Crippen LogP contribution >= 0.6 is 0 Å². The third-order valence-corrected chi connectivity index (χ3v) is 5.52. The largest absolute Gasteiger partial charge is 0.340 e. The highest BCUT2D eigenvalue weighted by molar-refractivity contribution is 5.77. The van der Waals surface area contributed by atoms with Crippen molar-refractivity contribution in [3.05, 3.63) is 72.4 Å². The summed E-state index contributed by atoms with van der Waals surface area (Å²) in [5.41, 5.74) is 1.77. The van der Waals surface area contributed by atoms with Crippen molar-refractivity contribution in [3.63, 3.8) is 0 Å². The second-order valence-electron chi connectivity index (χ2n) is 7.77. The molecule has 166 valence electrons. The Balaban J connectivity index is 1.43. The molecule has 1 aromatic carbocycles. The van der Waals surface area contributed by atoms with Gasteiger partial charge in [0.1, 0.15) is 12.7 Å². The second kappa shape index (κ2) is 10.5. The molecule has 3 aromatic rings. The van der Waals surface area contributed by atoms with Crippen molar-refractivity contribution in [1.82, 2.24) is 35.3 Å². The number of nitrogens with zero attached hydrogens (tertiary/aromatic N) is 5. The van der Waals surface area contributed by atoms with E-state index in [1.807, 2.05) is 47.4 Å². The van der Waals surface area contributed by atoms with Gasteiger partial charge in [0.25, 0.3) is 0 Å². The fraction of sp³-hybridized carbons (Fsp3) is 0.348. The number of aromatic nitrogens is 4. The molecule has 2 aromatic heterocycles. The lowest BCUT2D eigenvalue weighted by molar-refractivity contribution is -0.131. The number of benzene rings is 1. The van der Waals surface area contributed by atoms with Crippen LogP contribution < -0.4 is 10.6 Å². The maximum Gasteiger partial charge on any atom is 0.315 e. The summed E-state index contributed by atoms with van der Waals surface area (Å²) in [5, 5.41) is 10.1. The van der Waals surface area contributed by atoms with Gasteiger partial charge in [0.05, 0.1) is 6.04 Å². The zero-order valence-electron chi connectivity index (χ0n) is 17.9. The smallest absolute Gasteiger partial charge is 0.315 e. The Hall–Kier alpha value is -3.75. The van der Waals surface area contributed by atoms with Gasteiger partial charge in [0.15, 0.2) is 5.82 Å². The molecule has 9 heteroatoms. The zero-order valence-corrected chi connectivity index (χ0v) is 17.9. The van der Waals surface area contributed by atoms with E-state index >= 15 is 0 Å². The van der Waals surface area contributed by atoms with Crippen LogP contribution in [0.15, 0.2) is 61.3 Å². The minimum atomic E-state index is -0.311. The van der Waals surface area contributed by atoms with E-state index in [0.717, 1.165) is 36.9 Å². The first-order valence-electron chi connectivity index (χ1n) is 10.9. The van der Waals surface area contributed by atoms with Crippen LogP contribution in [0.3, 0.4) is 0 Å². The Labute approximate surface area is 186 Å². The van der Waals surface area contributed by atoms with Crippen molar-refractivity contribution >= 4 is 11.9 Å². The first-order valence-corrected chi connectivity index (χ1v) is 10.9. The Bertz CT molecular complexity index is 1020. The van der Waals surface area contributed by atoms with Crippen LogP contribution in [0.2, 0.25) is 0 Å². The highest BCUT2D eigenvalue weighted by atomic mass is 16.2. The van der Waals surface area contributed by atoms with E-state index in [0.29, 0.717) is 18.8 Å². The van der Waals surface area contributed by atoms with E-state index in [2.05, 4.69) is 25.7 Å². The van der Waals surface area contributed by atoms with Gasteiger partial charge in [-0.15, -0.1) is 0 Å². The van der Waals surface area contributed by atoms with Crippen LogP contribution in [0.4, 0.5) is 4.79 Å². The molecule has 0 saturated carbocycles. The highest BCUT2D eigenvalue weighted by Crippen LogP contribution is 2.18. The molecule has 0 unspecified atom stereocenters. The second-order valence-corrected chi connectivity index (χ2v) is 7.77. The van der Waals surface area contributed by atoms with Crippen LogP contribution in [0.5, 0.6) is 0 Å². The molecule has 4 rings (SSSR count). The minimum absolute atomic E-state index is 0.151. The summed E-state index contributed by atoms with van der Waals surface area (Å²) < 4.78 is 1.56. The maximum atomic E-state index is 12.8. The molecule has 0 radical (unpaired) electrons. The minimum Gasteiger partial charge on any atom is -0.340 e. The van der Waals surface area contributed by atoms with Crippen molar-refractivity contribution in [2.24, 2.45) is 0 Å². The third kappa shape index (κ3) is 5.48. The molecular weight excluding hydrogens is 406 g/mol. The van der Waals surface area contributed by atoms with Crippen LogP contribution in [0, 0.1) is 0 Å². The molecule has 1 fully saturated rings. The topological polar surface area (TPSA) is 105 Å². The monoisotopic (exact) mass is 433 g/mol. The van der Waals surface area contributed by atoms with Gasteiger partial charge in [0, 0.05) is 37.8 Å². The molecule has 1 saturated heterocycles. The number of hydrogen-bond donors (Lipinski definition) is 2. The summed E-state index contributed by atoms with van der Waals surface area (Å²) in [7, 11) is 0. The number of pyridine rings is 1. The van der Waals surface area contributed by atoms with Gasteiger partial charge in [-0.3, -0.25) is 4.79 Å². The molecule has 0 aliphatic carbocycles. The number of carbonyl (C=O) groups is 2. The fourth-order valence-electron chi connectivity index (χ4n) is 3.85. The average Bonchev–Trinajstić information content (AvgIpc) is 3.29. The van der Waals surface area contributed by atoms with Gasteiger partial charge in [-0.1, -0.05) is 42.8 Å². The highest BCUT2D eigenvalue weighted by Gasteiger charge is 2.23. The lowest BCUT2D eigenvalue weighted by Gasteiger charge is -2.28. The SMILES string of the molecule is O=C(NCc1cccnc1-n1cncn1)N[C@H](CN1CCCCCC1=O)c1ccccc1. The average molecular weight is 434 g/mol. The lowest BCUT2D eigenvalue weighted by atomic mass is 10.1. The predicted octanol–water partition coefficient (Wildman–Crippen LogP) is 2.61. The van der Waals surface area contributed by atoms with E-state index in [9.17, 15) is 9.59 Å². The first kappa shape index (κ1) is 21.5. The molecule has 0 spiro atoms. The summed E-state index contributed by atoms with van der Waals surface area (Å²) in [6.07, 6.45) is 8.22. The van der Waals surface area contributed by atoms with E-state index in [-0.39, 0.29) is 24.5 Å². The van der Waals surface area contributed by atoms with Crippen molar-refractivity contribution in [2.45, 2.75) is 38.3 Å². The van der Waals surface area contributed by atoms with E-state index in [1.54, 1.807) is 17.2 Å². The van der Waals surface area contributed by atoms with Gasteiger partial charge in [-0.2, -0.15) is 5.10 Å². The Morgan fingerprint density at radius 2 is 1.97 bits per heavy atom. The van der Waals surface area contributed by atoms with E-state index in [1.165, 1.54) is 6.33 Å².